The van der Waals surface area contributed by atoms with Gasteiger partial charge in [-0.05, 0) is 33.3 Å². The van der Waals surface area contributed by atoms with Crippen molar-refractivity contribution in [1.29, 1.82) is 0 Å². The molecule has 1 saturated heterocycles. The van der Waals surface area contributed by atoms with Crippen molar-refractivity contribution in [3.63, 3.8) is 0 Å². The van der Waals surface area contributed by atoms with Crippen LogP contribution in [-0.2, 0) is 44.2 Å². The first-order valence-electron chi connectivity index (χ1n) is 8.33. The van der Waals surface area contributed by atoms with Gasteiger partial charge in [-0.2, -0.15) is 0 Å². The molecule has 0 aromatic heterocycles. The lowest BCUT2D eigenvalue weighted by molar-refractivity contribution is -0.174. The van der Waals surface area contributed by atoms with E-state index in [0.29, 0.717) is 5.57 Å². The molecule has 0 saturated carbocycles. The van der Waals surface area contributed by atoms with Crippen molar-refractivity contribution in [1.82, 2.24) is 4.90 Å². The van der Waals surface area contributed by atoms with Crippen LogP contribution >= 0.6 is 0 Å². The van der Waals surface area contributed by atoms with Crippen LogP contribution in [0.3, 0.4) is 0 Å². The highest BCUT2D eigenvalue weighted by Gasteiger charge is 2.56. The van der Waals surface area contributed by atoms with Crippen LogP contribution in [0.4, 0.5) is 0 Å². The second-order valence-electron chi connectivity index (χ2n) is 7.39. The lowest BCUT2D eigenvalue weighted by atomic mass is 9.96. The minimum absolute atomic E-state index is 0.00418. The van der Waals surface area contributed by atoms with Crippen molar-refractivity contribution in [2.45, 2.75) is 40.0 Å². The summed E-state index contributed by atoms with van der Waals surface area (Å²) in [6.07, 6.45) is 0. The molecular weight excluding hydrogens is 378 g/mol. The molecule has 0 aromatic rings. The van der Waals surface area contributed by atoms with Gasteiger partial charge < -0.3 is 14.2 Å². The zero-order valence-electron chi connectivity index (χ0n) is 15.9. The molecule has 2 aliphatic rings. The SMILES string of the molecule is CC(=O)OC[C@H]1C(=O)N2C(C(=O)OCOC(=O)C(C)(C)C)=C(C)CS(=O)[C@@H]12. The molecule has 27 heavy (non-hydrogen) atoms. The van der Waals surface area contributed by atoms with E-state index in [1.807, 2.05) is 0 Å². The molecule has 0 spiro atoms. The first kappa shape index (κ1) is 21.1. The third-order valence-corrected chi connectivity index (χ3v) is 5.87. The zero-order chi connectivity index (χ0) is 20.5. The number of ether oxygens (including phenoxy) is 3. The Morgan fingerprint density at radius 1 is 1.19 bits per heavy atom. The Balaban J connectivity index is 2.06. The maximum atomic E-state index is 12.4. The van der Waals surface area contributed by atoms with Gasteiger partial charge in [-0.15, -0.1) is 0 Å². The first-order valence-corrected chi connectivity index (χ1v) is 9.71. The van der Waals surface area contributed by atoms with Gasteiger partial charge in [0.25, 0.3) is 0 Å². The van der Waals surface area contributed by atoms with Crippen LogP contribution in [0.2, 0.25) is 0 Å². The summed E-state index contributed by atoms with van der Waals surface area (Å²) in [4.78, 5) is 48.6. The van der Waals surface area contributed by atoms with Gasteiger partial charge in [0, 0.05) is 23.5 Å². The van der Waals surface area contributed by atoms with Gasteiger partial charge in [0.1, 0.15) is 23.6 Å². The second-order valence-corrected chi connectivity index (χ2v) is 8.93. The molecule has 150 valence electrons. The highest BCUT2D eigenvalue weighted by molar-refractivity contribution is 7.86. The summed E-state index contributed by atoms with van der Waals surface area (Å²) < 4.78 is 27.1. The van der Waals surface area contributed by atoms with Crippen LogP contribution in [0, 0.1) is 11.3 Å². The van der Waals surface area contributed by atoms with Crippen LogP contribution < -0.4 is 0 Å². The molecule has 2 aliphatic heterocycles. The molecule has 0 radical (unpaired) electrons. The first-order chi connectivity index (χ1) is 12.4. The fourth-order valence-corrected chi connectivity index (χ4v) is 4.43. The zero-order valence-corrected chi connectivity index (χ0v) is 16.7. The van der Waals surface area contributed by atoms with Crippen LogP contribution in [0.5, 0.6) is 0 Å². The lowest BCUT2D eigenvalue weighted by Gasteiger charge is -2.48. The molecular formula is C17H23NO8S. The molecule has 1 unspecified atom stereocenters. The number of rotatable bonds is 5. The minimum atomic E-state index is -1.42. The van der Waals surface area contributed by atoms with Gasteiger partial charge in [-0.1, -0.05) is 0 Å². The number of carbonyl (C=O) groups is 4. The molecule has 0 aromatic carbocycles. The van der Waals surface area contributed by atoms with Gasteiger partial charge >= 0.3 is 17.9 Å². The maximum absolute atomic E-state index is 12.4. The third-order valence-electron chi connectivity index (χ3n) is 4.08. The smallest absolute Gasteiger partial charge is 0.357 e. The number of β-lactam (4-membered cyclic amide) rings is 1. The van der Waals surface area contributed by atoms with Crippen molar-refractivity contribution < 1.29 is 37.6 Å². The van der Waals surface area contributed by atoms with E-state index in [1.165, 1.54) is 6.92 Å². The van der Waals surface area contributed by atoms with Crippen LogP contribution in [0.1, 0.15) is 34.6 Å². The van der Waals surface area contributed by atoms with Crippen molar-refractivity contribution in [2.75, 3.05) is 19.2 Å². The summed E-state index contributed by atoms with van der Waals surface area (Å²) in [6, 6.07) is 0. The Kier molecular flexibility index (Phi) is 6.08. The molecule has 1 amide bonds. The van der Waals surface area contributed by atoms with Gasteiger partial charge in [0.2, 0.25) is 12.7 Å². The average Bonchev–Trinajstić information content (AvgIpc) is 2.53. The van der Waals surface area contributed by atoms with Crippen LogP contribution in [0.15, 0.2) is 11.3 Å². The van der Waals surface area contributed by atoms with E-state index in [0.717, 1.165) is 4.90 Å². The van der Waals surface area contributed by atoms with E-state index in [4.69, 9.17) is 14.2 Å². The molecule has 0 N–H and O–H groups in total. The lowest BCUT2D eigenvalue weighted by Crippen LogP contribution is -2.66. The number of hydrogen-bond acceptors (Lipinski definition) is 8. The Bertz CT molecular complexity index is 736. The van der Waals surface area contributed by atoms with E-state index in [2.05, 4.69) is 0 Å². The van der Waals surface area contributed by atoms with E-state index in [1.54, 1.807) is 27.7 Å². The second kappa shape index (κ2) is 7.79. The highest BCUT2D eigenvalue weighted by atomic mass is 32.2. The number of esters is 3. The molecule has 3 atom stereocenters. The highest BCUT2D eigenvalue weighted by Crippen LogP contribution is 2.39. The van der Waals surface area contributed by atoms with E-state index in [9.17, 15) is 23.4 Å². The predicted octanol–water partition coefficient (Wildman–Crippen LogP) is 0.460. The van der Waals surface area contributed by atoms with E-state index in [-0.39, 0.29) is 18.1 Å². The fraction of sp³-hybridized carbons (Fsp3) is 0.647. The predicted molar refractivity (Wildman–Crippen MR) is 93.0 cm³/mol. The van der Waals surface area contributed by atoms with Gasteiger partial charge in [0.15, 0.2) is 0 Å². The Hall–Kier alpha value is -2.23. The summed E-state index contributed by atoms with van der Waals surface area (Å²) in [6.45, 7) is 7.00. The molecule has 2 heterocycles. The maximum Gasteiger partial charge on any atom is 0.357 e. The number of amides is 1. The van der Waals surface area contributed by atoms with Crippen molar-refractivity contribution >= 4 is 34.6 Å². The van der Waals surface area contributed by atoms with Crippen LogP contribution in [-0.4, -0.2) is 57.5 Å². The van der Waals surface area contributed by atoms with Crippen molar-refractivity contribution in [3.05, 3.63) is 11.3 Å². The summed E-state index contributed by atoms with van der Waals surface area (Å²) >= 11 is 0. The summed E-state index contributed by atoms with van der Waals surface area (Å²) in [5, 5.41) is -0.750. The van der Waals surface area contributed by atoms with Crippen molar-refractivity contribution in [2.24, 2.45) is 11.3 Å². The molecule has 0 bridgehead atoms. The molecule has 9 nitrogen and oxygen atoms in total. The monoisotopic (exact) mass is 401 g/mol. The topological polar surface area (TPSA) is 116 Å². The Morgan fingerprint density at radius 2 is 1.81 bits per heavy atom. The molecule has 1 fully saturated rings. The van der Waals surface area contributed by atoms with E-state index < -0.39 is 58.1 Å². The normalized spacial score (nSPS) is 24.7. The third kappa shape index (κ3) is 4.37. The molecule has 10 heteroatoms. The van der Waals surface area contributed by atoms with Gasteiger partial charge in [0.05, 0.1) is 5.41 Å². The summed E-state index contributed by atoms with van der Waals surface area (Å²) in [7, 11) is -1.42. The molecule has 2 rings (SSSR count). The molecule has 0 aliphatic carbocycles. The number of hydrogen-bond donors (Lipinski definition) is 0. The van der Waals surface area contributed by atoms with Crippen LogP contribution in [0.25, 0.3) is 0 Å². The van der Waals surface area contributed by atoms with Gasteiger partial charge in [-0.25, -0.2) is 4.79 Å². The Labute approximate surface area is 159 Å². The number of fused-ring (bicyclic) bond motifs is 1. The van der Waals surface area contributed by atoms with E-state index >= 15 is 0 Å². The minimum Gasteiger partial charge on any atom is -0.465 e. The number of nitrogens with zero attached hydrogens (tertiary/aromatic N) is 1. The number of carbonyl (C=O) groups excluding carboxylic acids is 4. The Morgan fingerprint density at radius 3 is 2.37 bits per heavy atom. The largest absolute Gasteiger partial charge is 0.465 e. The van der Waals surface area contributed by atoms with Gasteiger partial charge in [-0.3, -0.25) is 23.5 Å². The average molecular weight is 401 g/mol. The summed E-state index contributed by atoms with van der Waals surface area (Å²) in [5.41, 5.74) is -0.308. The quantitative estimate of drug-likeness (QED) is 0.371. The fourth-order valence-electron chi connectivity index (χ4n) is 2.69. The summed E-state index contributed by atoms with van der Waals surface area (Å²) in [5.74, 6) is -3.05. The van der Waals surface area contributed by atoms with Crippen molar-refractivity contribution in [3.8, 4) is 0 Å². The standard InChI is InChI=1S/C17H23NO8S/c1-9-7-27(23)14-11(6-24-10(2)19)13(20)18(14)12(9)15(21)25-8-26-16(22)17(3,4)5/h11,14H,6-8H2,1-5H3/t11-,14-,27?/m0/s1.